The Morgan fingerprint density at radius 2 is 1.91 bits per heavy atom. The van der Waals surface area contributed by atoms with Gasteiger partial charge in [0.1, 0.15) is 0 Å². The van der Waals surface area contributed by atoms with Crippen LogP contribution in [0.25, 0.3) is 0 Å². The van der Waals surface area contributed by atoms with Gasteiger partial charge in [-0.1, -0.05) is 17.7 Å². The zero-order valence-electron chi connectivity index (χ0n) is 19.2. The molecule has 3 unspecified atom stereocenters. The molecule has 1 fully saturated rings. The second-order valence-electron chi connectivity index (χ2n) is 8.25. The van der Waals surface area contributed by atoms with Crippen LogP contribution in [0, 0.1) is 0 Å². The molecule has 3 rings (SSSR count). The Kier molecular flexibility index (Phi) is 9.81. The van der Waals surface area contributed by atoms with Crippen LogP contribution in [-0.4, -0.2) is 57.3 Å². The number of carboxylic acids is 1. The van der Waals surface area contributed by atoms with Crippen molar-refractivity contribution in [2.45, 2.75) is 43.7 Å². The molecule has 0 spiro atoms. The first kappa shape index (κ1) is 25.3. The summed E-state index contributed by atoms with van der Waals surface area (Å²) in [7, 11) is 3.28. The van der Waals surface area contributed by atoms with Crippen LogP contribution in [0.2, 0.25) is 5.02 Å². The van der Waals surface area contributed by atoms with Gasteiger partial charge in [0.2, 0.25) is 0 Å². The molecule has 1 heterocycles. The average Bonchev–Trinajstić information content (AvgIpc) is 2.81. The van der Waals surface area contributed by atoms with Crippen LogP contribution < -0.4 is 10.6 Å². The molecule has 8 heteroatoms. The Morgan fingerprint density at radius 1 is 1.15 bits per heavy atom. The maximum absolute atomic E-state index is 11.9. The summed E-state index contributed by atoms with van der Waals surface area (Å²) in [5.74, 6) is -1.51. The van der Waals surface area contributed by atoms with Gasteiger partial charge >= 0.3 is 5.97 Å². The fraction of sp³-hybridized carbons (Fsp3) is 0.480. The lowest BCUT2D eigenvalue weighted by Gasteiger charge is -2.31. The number of anilines is 3. The molecule has 0 bridgehead atoms. The monoisotopic (exact) mass is 476 g/mol. The van der Waals surface area contributed by atoms with E-state index < -0.39 is 11.9 Å². The van der Waals surface area contributed by atoms with E-state index >= 15 is 0 Å². The number of ether oxygens (including phenoxy) is 3. The van der Waals surface area contributed by atoms with Crippen molar-refractivity contribution in [3.8, 4) is 0 Å². The predicted molar refractivity (Wildman–Crippen MR) is 131 cm³/mol. The van der Waals surface area contributed by atoms with Crippen LogP contribution >= 0.6 is 11.6 Å². The quantitative estimate of drug-likeness (QED) is 0.383. The van der Waals surface area contributed by atoms with Crippen LogP contribution in [0.3, 0.4) is 0 Å². The number of nitrogens with one attached hydrogen (secondary N) is 2. The smallest absolute Gasteiger partial charge is 0.311 e. The minimum absolute atomic E-state index is 0.161. The van der Waals surface area contributed by atoms with E-state index in [9.17, 15) is 9.90 Å². The lowest BCUT2D eigenvalue weighted by atomic mass is 9.94. The average molecular weight is 477 g/mol. The zero-order chi connectivity index (χ0) is 23.6. The van der Waals surface area contributed by atoms with E-state index in [4.69, 9.17) is 25.8 Å². The molecule has 7 nitrogen and oxygen atoms in total. The fourth-order valence-corrected chi connectivity index (χ4v) is 4.17. The maximum atomic E-state index is 11.9. The van der Waals surface area contributed by atoms with Gasteiger partial charge in [-0.15, -0.1) is 0 Å². The van der Waals surface area contributed by atoms with Crippen LogP contribution in [-0.2, 0) is 19.0 Å². The van der Waals surface area contributed by atoms with E-state index in [-0.39, 0.29) is 12.1 Å². The minimum atomic E-state index is -0.865. The van der Waals surface area contributed by atoms with E-state index in [1.807, 2.05) is 42.5 Å². The van der Waals surface area contributed by atoms with Gasteiger partial charge in [-0.05, 0) is 67.6 Å². The van der Waals surface area contributed by atoms with E-state index in [0.717, 1.165) is 41.9 Å². The Bertz CT molecular complexity index is 893. The number of methoxy groups -OCH3 is 2. The molecule has 180 valence electrons. The Morgan fingerprint density at radius 3 is 2.61 bits per heavy atom. The summed E-state index contributed by atoms with van der Waals surface area (Å²) >= 11 is 6.04. The second-order valence-corrected chi connectivity index (χ2v) is 8.69. The van der Waals surface area contributed by atoms with Crippen LogP contribution in [0.4, 0.5) is 17.1 Å². The first-order valence-electron chi connectivity index (χ1n) is 11.3. The molecule has 1 aliphatic heterocycles. The van der Waals surface area contributed by atoms with Crippen molar-refractivity contribution in [2.75, 3.05) is 44.7 Å². The fourth-order valence-electron chi connectivity index (χ4n) is 4.05. The molecule has 0 aliphatic carbocycles. The number of aliphatic carboxylic acids is 1. The highest BCUT2D eigenvalue weighted by atomic mass is 35.5. The second kappa shape index (κ2) is 12.8. The third kappa shape index (κ3) is 7.61. The molecule has 0 amide bonds. The highest BCUT2D eigenvalue weighted by molar-refractivity contribution is 6.30. The Labute approximate surface area is 200 Å². The molecule has 0 radical (unpaired) electrons. The highest BCUT2D eigenvalue weighted by Crippen LogP contribution is 2.33. The third-order valence-electron chi connectivity index (χ3n) is 5.85. The van der Waals surface area contributed by atoms with Crippen molar-refractivity contribution in [1.29, 1.82) is 0 Å². The molecule has 3 atom stereocenters. The number of carbonyl (C=O) groups is 1. The number of carboxylic acid groups (broad SMARTS) is 1. The largest absolute Gasteiger partial charge is 0.481 e. The molecule has 3 N–H and O–H groups in total. The Hall–Kier alpha value is -2.32. The number of hydrogen-bond donors (Lipinski definition) is 3. The topological polar surface area (TPSA) is 89.1 Å². The van der Waals surface area contributed by atoms with Gasteiger partial charge < -0.3 is 30.0 Å². The number of halogens is 1. The summed E-state index contributed by atoms with van der Waals surface area (Å²) < 4.78 is 16.2. The van der Waals surface area contributed by atoms with Gasteiger partial charge in [0.25, 0.3) is 0 Å². The predicted octanol–water partition coefficient (Wildman–Crippen LogP) is 5.28. The first-order chi connectivity index (χ1) is 16.0. The number of benzene rings is 2. The standard InChI is InChI=1S/C25H33ClN2O5/c1-31-12-10-21-16-20(9-14-33-21)28-23-8-3-17(22(25(29)30)11-13-32-2)15-24(23)27-19-6-4-18(26)5-7-19/h3-8,15,20-22,27-28H,9-14,16H2,1-2H3,(H,29,30). The lowest BCUT2D eigenvalue weighted by molar-refractivity contribution is -0.139. The van der Waals surface area contributed by atoms with E-state index in [1.54, 1.807) is 14.2 Å². The molecule has 0 aromatic heterocycles. The van der Waals surface area contributed by atoms with Gasteiger partial charge in [0.05, 0.1) is 23.4 Å². The number of hydrogen-bond acceptors (Lipinski definition) is 6. The van der Waals surface area contributed by atoms with E-state index in [0.29, 0.717) is 31.3 Å². The van der Waals surface area contributed by atoms with Gasteiger partial charge in [0.15, 0.2) is 0 Å². The molecule has 1 aliphatic rings. The summed E-state index contributed by atoms with van der Waals surface area (Å²) in [5.41, 5.74) is 3.33. The summed E-state index contributed by atoms with van der Waals surface area (Å²) in [4.78, 5) is 11.9. The molecular weight excluding hydrogens is 444 g/mol. The van der Waals surface area contributed by atoms with Crippen LogP contribution in [0.1, 0.15) is 37.2 Å². The van der Waals surface area contributed by atoms with Crippen molar-refractivity contribution in [1.82, 2.24) is 0 Å². The maximum Gasteiger partial charge on any atom is 0.311 e. The number of rotatable bonds is 12. The molecule has 2 aromatic rings. The van der Waals surface area contributed by atoms with Crippen LogP contribution in [0.5, 0.6) is 0 Å². The normalized spacial score (nSPS) is 19.1. The van der Waals surface area contributed by atoms with E-state index in [2.05, 4.69) is 10.6 Å². The van der Waals surface area contributed by atoms with Crippen molar-refractivity contribution in [2.24, 2.45) is 0 Å². The summed E-state index contributed by atoms with van der Waals surface area (Å²) in [6.45, 7) is 1.75. The summed E-state index contributed by atoms with van der Waals surface area (Å²) in [5, 5.41) is 17.5. The van der Waals surface area contributed by atoms with Gasteiger partial charge in [-0.25, -0.2) is 0 Å². The third-order valence-corrected chi connectivity index (χ3v) is 6.10. The van der Waals surface area contributed by atoms with Crippen LogP contribution in [0.15, 0.2) is 42.5 Å². The minimum Gasteiger partial charge on any atom is -0.481 e. The summed E-state index contributed by atoms with van der Waals surface area (Å²) in [6, 6.07) is 13.4. The van der Waals surface area contributed by atoms with Gasteiger partial charge in [-0.2, -0.15) is 0 Å². The summed E-state index contributed by atoms with van der Waals surface area (Å²) in [6.07, 6.45) is 3.21. The van der Waals surface area contributed by atoms with Crippen molar-refractivity contribution in [3.05, 3.63) is 53.1 Å². The lowest BCUT2D eigenvalue weighted by Crippen LogP contribution is -2.34. The molecule has 2 aromatic carbocycles. The van der Waals surface area contributed by atoms with Crippen molar-refractivity contribution in [3.63, 3.8) is 0 Å². The van der Waals surface area contributed by atoms with Crippen molar-refractivity contribution < 1.29 is 24.1 Å². The SMILES string of the molecule is COCCC1CC(Nc2ccc(C(CCOC)C(=O)O)cc2Nc2ccc(Cl)cc2)CCO1. The highest BCUT2D eigenvalue weighted by Gasteiger charge is 2.24. The van der Waals surface area contributed by atoms with E-state index in [1.165, 1.54) is 0 Å². The molecule has 0 saturated carbocycles. The van der Waals surface area contributed by atoms with Gasteiger partial charge in [0, 0.05) is 50.8 Å². The Balaban J connectivity index is 1.84. The zero-order valence-corrected chi connectivity index (χ0v) is 19.9. The molecule has 33 heavy (non-hydrogen) atoms. The molecule has 1 saturated heterocycles. The van der Waals surface area contributed by atoms with Crippen molar-refractivity contribution >= 4 is 34.6 Å². The molecular formula is C25H33ClN2O5. The van der Waals surface area contributed by atoms with Gasteiger partial charge in [-0.3, -0.25) is 4.79 Å². The first-order valence-corrected chi connectivity index (χ1v) is 11.6.